The number of aliphatic hydroxyl groups is 1. The molecule has 0 aliphatic rings. The Morgan fingerprint density at radius 1 is 1.38 bits per heavy atom. The van der Waals surface area contributed by atoms with Gasteiger partial charge >= 0.3 is 0 Å². The fourth-order valence-electron chi connectivity index (χ4n) is 0.975. The molecule has 0 spiro atoms. The lowest BCUT2D eigenvalue weighted by molar-refractivity contribution is 0.280. The summed E-state index contributed by atoms with van der Waals surface area (Å²) in [7, 11) is 0. The summed E-state index contributed by atoms with van der Waals surface area (Å²) in [6, 6.07) is 0. The van der Waals surface area contributed by atoms with Gasteiger partial charge in [-0.2, -0.15) is 5.10 Å². The van der Waals surface area contributed by atoms with Gasteiger partial charge in [-0.1, -0.05) is 13.8 Å². The van der Waals surface area contributed by atoms with Gasteiger partial charge in [-0.3, -0.25) is 4.68 Å². The molecule has 1 aromatic heterocycles. The highest BCUT2D eigenvalue weighted by Gasteiger charge is 1.92. The second-order valence-electron chi connectivity index (χ2n) is 2.71. The molecule has 1 rings (SSSR count). The van der Waals surface area contributed by atoms with E-state index in [0.29, 0.717) is 0 Å². The first kappa shape index (κ1) is 12.2. The predicted octanol–water partition coefficient (Wildman–Crippen LogP) is 1.99. The molecule has 1 N–H and O–H groups in total. The molecule has 0 bridgehead atoms. The normalized spacial score (nSPS) is 9.23. The van der Waals surface area contributed by atoms with Gasteiger partial charge in [0.15, 0.2) is 0 Å². The molecule has 0 unspecified atom stereocenters. The van der Waals surface area contributed by atoms with Crippen LogP contribution in [0.25, 0.3) is 0 Å². The summed E-state index contributed by atoms with van der Waals surface area (Å²) in [4.78, 5) is 0. The van der Waals surface area contributed by atoms with Crippen LogP contribution in [-0.2, 0) is 6.54 Å². The molecule has 0 aromatic carbocycles. The zero-order chi connectivity index (χ0) is 10.1. The SMILES string of the molecule is CC.Cc1cnn(CCCCO)c1. The molecule has 0 radical (unpaired) electrons. The van der Waals surface area contributed by atoms with Crippen LogP contribution < -0.4 is 0 Å². The lowest BCUT2D eigenvalue weighted by Gasteiger charge is -1.97. The van der Waals surface area contributed by atoms with Gasteiger partial charge in [0, 0.05) is 19.3 Å². The molecule has 1 aromatic rings. The van der Waals surface area contributed by atoms with Crippen molar-refractivity contribution < 1.29 is 5.11 Å². The van der Waals surface area contributed by atoms with Gasteiger partial charge in [0.05, 0.1) is 6.20 Å². The summed E-state index contributed by atoms with van der Waals surface area (Å²) in [5, 5.41) is 12.6. The molecule has 0 aliphatic carbocycles. The molecule has 0 aliphatic heterocycles. The van der Waals surface area contributed by atoms with Crippen molar-refractivity contribution in [2.24, 2.45) is 0 Å². The van der Waals surface area contributed by atoms with Gasteiger partial charge in [-0.25, -0.2) is 0 Å². The zero-order valence-electron chi connectivity index (χ0n) is 8.82. The summed E-state index contributed by atoms with van der Waals surface area (Å²) in [6.45, 7) is 7.21. The van der Waals surface area contributed by atoms with Gasteiger partial charge in [0.25, 0.3) is 0 Å². The molecule has 0 amide bonds. The minimum atomic E-state index is 0.278. The number of hydrogen-bond acceptors (Lipinski definition) is 2. The fraction of sp³-hybridized carbons (Fsp3) is 0.700. The van der Waals surface area contributed by atoms with Crippen molar-refractivity contribution in [2.75, 3.05) is 6.61 Å². The Morgan fingerprint density at radius 2 is 2.08 bits per heavy atom. The summed E-state index contributed by atoms with van der Waals surface area (Å²) in [5.41, 5.74) is 1.19. The average molecular weight is 184 g/mol. The lowest BCUT2D eigenvalue weighted by Crippen LogP contribution is -1.98. The molecule has 0 saturated heterocycles. The third-order valence-electron chi connectivity index (χ3n) is 1.56. The van der Waals surface area contributed by atoms with Crippen molar-refractivity contribution in [3.63, 3.8) is 0 Å². The number of nitrogens with zero attached hydrogens (tertiary/aromatic N) is 2. The Morgan fingerprint density at radius 3 is 2.54 bits per heavy atom. The van der Waals surface area contributed by atoms with E-state index in [2.05, 4.69) is 5.10 Å². The minimum Gasteiger partial charge on any atom is -0.396 e. The topological polar surface area (TPSA) is 38.0 Å². The predicted molar refractivity (Wildman–Crippen MR) is 54.6 cm³/mol. The number of unbranched alkanes of at least 4 members (excludes halogenated alkanes) is 1. The van der Waals surface area contributed by atoms with Crippen LogP contribution in [0.15, 0.2) is 12.4 Å². The van der Waals surface area contributed by atoms with Gasteiger partial charge < -0.3 is 5.11 Å². The number of rotatable bonds is 4. The third-order valence-corrected chi connectivity index (χ3v) is 1.56. The maximum atomic E-state index is 8.52. The quantitative estimate of drug-likeness (QED) is 0.727. The van der Waals surface area contributed by atoms with Crippen molar-refractivity contribution in [1.82, 2.24) is 9.78 Å². The first-order valence-electron chi connectivity index (χ1n) is 4.93. The first-order valence-corrected chi connectivity index (χ1v) is 4.93. The summed E-state index contributed by atoms with van der Waals surface area (Å²) in [5.74, 6) is 0. The molecular formula is C10H20N2O. The van der Waals surface area contributed by atoms with Crippen LogP contribution in [0, 0.1) is 6.92 Å². The zero-order valence-corrected chi connectivity index (χ0v) is 8.82. The Hall–Kier alpha value is -0.830. The van der Waals surface area contributed by atoms with Crippen LogP contribution >= 0.6 is 0 Å². The summed E-state index contributed by atoms with van der Waals surface area (Å²) < 4.78 is 1.91. The van der Waals surface area contributed by atoms with Gasteiger partial charge in [-0.05, 0) is 25.3 Å². The van der Waals surface area contributed by atoms with Gasteiger partial charge in [0.1, 0.15) is 0 Å². The highest BCUT2D eigenvalue weighted by Crippen LogP contribution is 1.97. The molecule has 76 valence electrons. The van der Waals surface area contributed by atoms with Crippen LogP contribution in [-0.4, -0.2) is 21.5 Å². The van der Waals surface area contributed by atoms with Gasteiger partial charge in [-0.15, -0.1) is 0 Å². The second kappa shape index (κ2) is 7.80. The molecular weight excluding hydrogens is 164 g/mol. The van der Waals surface area contributed by atoms with E-state index >= 15 is 0 Å². The maximum absolute atomic E-state index is 8.52. The Bertz CT molecular complexity index is 208. The Labute approximate surface area is 80.4 Å². The summed E-state index contributed by atoms with van der Waals surface area (Å²) >= 11 is 0. The van der Waals surface area contributed by atoms with Crippen LogP contribution in [0.1, 0.15) is 32.3 Å². The monoisotopic (exact) mass is 184 g/mol. The molecule has 0 fully saturated rings. The minimum absolute atomic E-state index is 0.278. The Balaban J connectivity index is 0.000000671. The second-order valence-corrected chi connectivity index (χ2v) is 2.71. The highest BCUT2D eigenvalue weighted by molar-refractivity contribution is 4.99. The number of aromatic nitrogens is 2. The van der Waals surface area contributed by atoms with Crippen molar-refractivity contribution in [3.05, 3.63) is 18.0 Å². The van der Waals surface area contributed by atoms with Crippen molar-refractivity contribution in [2.45, 2.75) is 40.2 Å². The van der Waals surface area contributed by atoms with E-state index in [-0.39, 0.29) is 6.61 Å². The number of aliphatic hydroxyl groups excluding tert-OH is 1. The Kier molecular flexibility index (Phi) is 7.30. The van der Waals surface area contributed by atoms with Crippen LogP contribution in [0.4, 0.5) is 0 Å². The van der Waals surface area contributed by atoms with E-state index in [9.17, 15) is 0 Å². The maximum Gasteiger partial charge on any atom is 0.0518 e. The molecule has 0 saturated carbocycles. The molecule has 13 heavy (non-hydrogen) atoms. The highest BCUT2D eigenvalue weighted by atomic mass is 16.2. The van der Waals surface area contributed by atoms with E-state index in [1.54, 1.807) is 0 Å². The number of hydrogen-bond donors (Lipinski definition) is 1. The fourth-order valence-corrected chi connectivity index (χ4v) is 0.975. The van der Waals surface area contributed by atoms with Crippen LogP contribution in [0.3, 0.4) is 0 Å². The average Bonchev–Trinajstić information content (AvgIpc) is 2.56. The largest absolute Gasteiger partial charge is 0.396 e. The van der Waals surface area contributed by atoms with Crippen LogP contribution in [0.5, 0.6) is 0 Å². The third kappa shape index (κ3) is 5.42. The van der Waals surface area contributed by atoms with Gasteiger partial charge in [0.2, 0.25) is 0 Å². The molecule has 3 heteroatoms. The smallest absolute Gasteiger partial charge is 0.0518 e. The van der Waals surface area contributed by atoms with Crippen molar-refractivity contribution in [3.8, 4) is 0 Å². The standard InChI is InChI=1S/C8H14N2O.C2H6/c1-8-6-9-10(7-8)4-2-3-5-11;1-2/h6-7,11H,2-5H2,1H3;1-2H3. The molecule has 0 atom stereocenters. The van der Waals surface area contributed by atoms with E-state index in [1.165, 1.54) is 5.56 Å². The molecule has 3 nitrogen and oxygen atoms in total. The van der Waals surface area contributed by atoms with Crippen LogP contribution in [0.2, 0.25) is 0 Å². The van der Waals surface area contributed by atoms with E-state index < -0.39 is 0 Å². The van der Waals surface area contributed by atoms with Crippen molar-refractivity contribution >= 4 is 0 Å². The van der Waals surface area contributed by atoms with E-state index in [0.717, 1.165) is 19.4 Å². The molecule has 1 heterocycles. The van der Waals surface area contributed by atoms with E-state index in [4.69, 9.17) is 5.11 Å². The number of aryl methyl sites for hydroxylation is 2. The van der Waals surface area contributed by atoms with E-state index in [1.807, 2.05) is 37.8 Å². The first-order chi connectivity index (χ1) is 6.33. The lowest BCUT2D eigenvalue weighted by atomic mass is 10.3. The van der Waals surface area contributed by atoms with Crippen molar-refractivity contribution in [1.29, 1.82) is 0 Å². The summed E-state index contributed by atoms with van der Waals surface area (Å²) in [6.07, 6.45) is 5.72.